The van der Waals surface area contributed by atoms with Crippen LogP contribution in [0.5, 0.6) is 0 Å². The van der Waals surface area contributed by atoms with Crippen LogP contribution in [0.25, 0.3) is 0 Å². The molecule has 2 aliphatic rings. The molecule has 3 rings (SSSR count). The van der Waals surface area contributed by atoms with Gasteiger partial charge in [-0.25, -0.2) is 8.42 Å². The largest absolute Gasteiger partial charge is 0.379 e. The van der Waals surface area contributed by atoms with Crippen molar-refractivity contribution in [3.05, 3.63) is 29.8 Å². The van der Waals surface area contributed by atoms with Gasteiger partial charge in [0.2, 0.25) is 21.8 Å². The van der Waals surface area contributed by atoms with Gasteiger partial charge >= 0.3 is 0 Å². The number of hydrogen-bond acceptors (Lipinski definition) is 5. The van der Waals surface area contributed by atoms with Crippen LogP contribution >= 0.6 is 0 Å². The number of nitrogens with one attached hydrogen (secondary N) is 1. The minimum Gasteiger partial charge on any atom is -0.379 e. The van der Waals surface area contributed by atoms with E-state index in [1.807, 2.05) is 13.8 Å². The van der Waals surface area contributed by atoms with Crippen LogP contribution in [0.15, 0.2) is 29.2 Å². The van der Waals surface area contributed by atoms with E-state index in [-0.39, 0.29) is 35.1 Å². The molecule has 1 aromatic carbocycles. The van der Waals surface area contributed by atoms with Gasteiger partial charge < -0.3 is 15.0 Å². The number of likely N-dealkylation sites (tertiary alicyclic amines) is 1. The molecule has 0 saturated carbocycles. The third-order valence-electron chi connectivity index (χ3n) is 5.40. The van der Waals surface area contributed by atoms with Crippen molar-refractivity contribution in [2.75, 3.05) is 39.4 Å². The van der Waals surface area contributed by atoms with Crippen LogP contribution < -0.4 is 5.32 Å². The fraction of sp³-hybridized carbons (Fsp3) is 0.600. The first-order chi connectivity index (χ1) is 13.8. The molecule has 2 fully saturated rings. The van der Waals surface area contributed by atoms with Gasteiger partial charge in [-0.3, -0.25) is 9.59 Å². The van der Waals surface area contributed by atoms with E-state index in [9.17, 15) is 18.0 Å². The SMILES string of the molecule is CC(C)N1CC(C(=O)NCCc2ccc(S(=O)(=O)N3CCOCC3)cc2)CC1=O. The second-order valence-corrected chi connectivity index (χ2v) is 9.68. The molecule has 1 unspecified atom stereocenters. The first kappa shape index (κ1) is 21.7. The van der Waals surface area contributed by atoms with E-state index in [1.54, 1.807) is 29.2 Å². The number of sulfonamides is 1. The maximum Gasteiger partial charge on any atom is 0.243 e. The van der Waals surface area contributed by atoms with Crippen molar-refractivity contribution in [2.24, 2.45) is 5.92 Å². The Morgan fingerprint density at radius 1 is 1.21 bits per heavy atom. The molecule has 0 bridgehead atoms. The monoisotopic (exact) mass is 423 g/mol. The van der Waals surface area contributed by atoms with Crippen LogP contribution in [0.1, 0.15) is 25.8 Å². The van der Waals surface area contributed by atoms with Crippen molar-refractivity contribution in [3.63, 3.8) is 0 Å². The fourth-order valence-electron chi connectivity index (χ4n) is 3.64. The molecule has 8 nitrogen and oxygen atoms in total. The van der Waals surface area contributed by atoms with Crippen LogP contribution in [0.4, 0.5) is 0 Å². The Morgan fingerprint density at radius 2 is 1.86 bits per heavy atom. The Balaban J connectivity index is 1.49. The molecule has 2 amide bonds. The number of hydrogen-bond donors (Lipinski definition) is 1. The third kappa shape index (κ3) is 5.15. The smallest absolute Gasteiger partial charge is 0.243 e. The average Bonchev–Trinajstić information content (AvgIpc) is 3.11. The van der Waals surface area contributed by atoms with E-state index in [0.29, 0.717) is 45.8 Å². The van der Waals surface area contributed by atoms with Gasteiger partial charge in [0.05, 0.1) is 24.0 Å². The number of rotatable bonds is 7. The van der Waals surface area contributed by atoms with Crippen molar-refractivity contribution >= 4 is 21.8 Å². The number of benzene rings is 1. The van der Waals surface area contributed by atoms with Crippen molar-refractivity contribution < 1.29 is 22.7 Å². The van der Waals surface area contributed by atoms with E-state index in [4.69, 9.17) is 4.74 Å². The first-order valence-corrected chi connectivity index (χ1v) is 11.5. The molecule has 1 aromatic rings. The molecule has 2 aliphatic heterocycles. The molecule has 0 spiro atoms. The van der Waals surface area contributed by atoms with E-state index >= 15 is 0 Å². The highest BCUT2D eigenvalue weighted by atomic mass is 32.2. The lowest BCUT2D eigenvalue weighted by Gasteiger charge is -2.26. The van der Waals surface area contributed by atoms with Crippen molar-refractivity contribution in [3.8, 4) is 0 Å². The van der Waals surface area contributed by atoms with Gasteiger partial charge in [-0.15, -0.1) is 0 Å². The zero-order valence-electron chi connectivity index (χ0n) is 17.0. The van der Waals surface area contributed by atoms with Gasteiger partial charge in [-0.1, -0.05) is 12.1 Å². The summed E-state index contributed by atoms with van der Waals surface area (Å²) in [5, 5.41) is 2.89. The summed E-state index contributed by atoms with van der Waals surface area (Å²) in [4.78, 5) is 26.3. The molecular weight excluding hydrogens is 394 g/mol. The Morgan fingerprint density at radius 3 is 2.45 bits per heavy atom. The maximum atomic E-state index is 12.6. The highest BCUT2D eigenvalue weighted by Gasteiger charge is 2.35. The lowest BCUT2D eigenvalue weighted by molar-refractivity contribution is -0.129. The molecule has 9 heteroatoms. The highest BCUT2D eigenvalue weighted by Crippen LogP contribution is 2.20. The predicted molar refractivity (Wildman–Crippen MR) is 108 cm³/mol. The summed E-state index contributed by atoms with van der Waals surface area (Å²) in [6.45, 7) is 6.37. The predicted octanol–water partition coefficient (Wildman–Crippen LogP) is 0.623. The minimum absolute atomic E-state index is 0.0252. The first-order valence-electron chi connectivity index (χ1n) is 10.0. The molecule has 2 heterocycles. The second-order valence-electron chi connectivity index (χ2n) is 7.74. The van der Waals surface area contributed by atoms with E-state index in [0.717, 1.165) is 5.56 Å². The van der Waals surface area contributed by atoms with Crippen LogP contribution in [-0.2, 0) is 30.8 Å². The number of carbonyl (C=O) groups is 2. The van der Waals surface area contributed by atoms with Gasteiger partial charge in [0.1, 0.15) is 0 Å². The normalized spacial score (nSPS) is 21.0. The molecule has 1 N–H and O–H groups in total. The summed E-state index contributed by atoms with van der Waals surface area (Å²) in [6.07, 6.45) is 0.857. The van der Waals surface area contributed by atoms with E-state index in [1.165, 1.54) is 4.31 Å². The lowest BCUT2D eigenvalue weighted by Crippen LogP contribution is -2.40. The van der Waals surface area contributed by atoms with Gasteiger partial charge in [0.25, 0.3) is 0 Å². The summed E-state index contributed by atoms with van der Waals surface area (Å²) in [6, 6.07) is 6.88. The second kappa shape index (κ2) is 9.23. The highest BCUT2D eigenvalue weighted by molar-refractivity contribution is 7.89. The number of nitrogens with zero attached hydrogens (tertiary/aromatic N) is 2. The Labute approximate surface area is 172 Å². The quantitative estimate of drug-likeness (QED) is 0.694. The van der Waals surface area contributed by atoms with Crippen molar-refractivity contribution in [2.45, 2.75) is 37.6 Å². The van der Waals surface area contributed by atoms with Crippen molar-refractivity contribution in [1.82, 2.24) is 14.5 Å². The average molecular weight is 424 g/mol. The molecule has 0 aliphatic carbocycles. The summed E-state index contributed by atoms with van der Waals surface area (Å²) in [5.41, 5.74) is 0.942. The molecule has 0 radical (unpaired) electrons. The molecule has 2 saturated heterocycles. The number of ether oxygens (including phenoxy) is 1. The topological polar surface area (TPSA) is 96.0 Å². The lowest BCUT2D eigenvalue weighted by atomic mass is 10.1. The van der Waals surface area contributed by atoms with Gasteiger partial charge in [0.15, 0.2) is 0 Å². The fourth-order valence-corrected chi connectivity index (χ4v) is 5.05. The van der Waals surface area contributed by atoms with Crippen LogP contribution in [0.3, 0.4) is 0 Å². The number of morpholine rings is 1. The Kier molecular flexibility index (Phi) is 6.92. The summed E-state index contributed by atoms with van der Waals surface area (Å²) >= 11 is 0. The zero-order valence-corrected chi connectivity index (χ0v) is 17.8. The third-order valence-corrected chi connectivity index (χ3v) is 7.31. The molecule has 160 valence electrons. The standard InChI is InChI=1S/C20H29N3O5S/c1-15(2)23-14-17(13-19(23)24)20(25)21-8-7-16-3-5-18(6-4-16)29(26,27)22-9-11-28-12-10-22/h3-6,15,17H,7-14H2,1-2H3,(H,21,25). The molecule has 0 aromatic heterocycles. The zero-order chi connectivity index (χ0) is 21.0. The Bertz CT molecular complexity index is 832. The van der Waals surface area contributed by atoms with Crippen molar-refractivity contribution in [1.29, 1.82) is 0 Å². The van der Waals surface area contributed by atoms with Crippen LogP contribution in [0.2, 0.25) is 0 Å². The number of amides is 2. The summed E-state index contributed by atoms with van der Waals surface area (Å²) < 4.78 is 31.9. The van der Waals surface area contributed by atoms with E-state index < -0.39 is 10.0 Å². The molecule has 1 atom stereocenters. The summed E-state index contributed by atoms with van der Waals surface area (Å²) in [5.74, 6) is -0.379. The molecule has 29 heavy (non-hydrogen) atoms. The van der Waals surface area contributed by atoms with Gasteiger partial charge in [-0.05, 0) is 38.0 Å². The van der Waals surface area contributed by atoms with Gasteiger partial charge in [-0.2, -0.15) is 4.31 Å². The Hall–Kier alpha value is -1.97. The molecular formula is C20H29N3O5S. The van der Waals surface area contributed by atoms with E-state index in [2.05, 4.69) is 5.32 Å². The minimum atomic E-state index is -3.49. The number of carbonyl (C=O) groups excluding carboxylic acids is 2. The summed E-state index contributed by atoms with van der Waals surface area (Å²) in [7, 11) is -3.49. The maximum absolute atomic E-state index is 12.6. The van der Waals surface area contributed by atoms with Gasteiger partial charge in [0, 0.05) is 38.6 Å². The van der Waals surface area contributed by atoms with Crippen LogP contribution in [0, 0.1) is 5.92 Å². The van der Waals surface area contributed by atoms with Crippen LogP contribution in [-0.4, -0.2) is 74.9 Å².